The summed E-state index contributed by atoms with van der Waals surface area (Å²) in [5.41, 5.74) is -0.406. The first kappa shape index (κ1) is 13.7. The number of benzene rings is 1. The Morgan fingerprint density at radius 1 is 1.35 bits per heavy atom. The lowest BCUT2D eigenvalue weighted by Crippen LogP contribution is -2.38. The summed E-state index contributed by atoms with van der Waals surface area (Å²) in [6.45, 7) is 5.66. The molecule has 94 valence electrons. The van der Waals surface area contributed by atoms with E-state index >= 15 is 0 Å². The van der Waals surface area contributed by atoms with Gasteiger partial charge in [0.1, 0.15) is 5.60 Å². The molecular weight excluding hydrogens is 216 g/mol. The van der Waals surface area contributed by atoms with Crippen LogP contribution in [0.2, 0.25) is 0 Å². The molecule has 3 nitrogen and oxygen atoms in total. The van der Waals surface area contributed by atoms with Crippen LogP contribution in [0.25, 0.3) is 0 Å². The van der Waals surface area contributed by atoms with E-state index in [9.17, 15) is 9.90 Å². The van der Waals surface area contributed by atoms with Gasteiger partial charge in [0.15, 0.2) is 0 Å². The molecule has 0 aliphatic carbocycles. The molecule has 0 aliphatic heterocycles. The van der Waals surface area contributed by atoms with Gasteiger partial charge in [0.05, 0.1) is 12.5 Å². The van der Waals surface area contributed by atoms with Gasteiger partial charge in [0, 0.05) is 0 Å². The van der Waals surface area contributed by atoms with Gasteiger partial charge in [-0.25, -0.2) is 0 Å². The molecule has 0 saturated heterocycles. The van der Waals surface area contributed by atoms with E-state index in [2.05, 4.69) is 0 Å². The van der Waals surface area contributed by atoms with Gasteiger partial charge in [-0.2, -0.15) is 0 Å². The fourth-order valence-electron chi connectivity index (χ4n) is 1.95. The number of aliphatic hydroxyl groups is 1. The third-order valence-corrected chi connectivity index (χ3v) is 3.17. The molecule has 0 fully saturated rings. The first-order valence-corrected chi connectivity index (χ1v) is 6.00. The Bertz CT molecular complexity index is 361. The summed E-state index contributed by atoms with van der Waals surface area (Å²) in [6.07, 6.45) is 0.469. The Labute approximate surface area is 102 Å². The van der Waals surface area contributed by atoms with Gasteiger partial charge in [0.25, 0.3) is 0 Å². The van der Waals surface area contributed by atoms with Gasteiger partial charge in [-0.05, 0) is 25.8 Å². The Kier molecular flexibility index (Phi) is 4.70. The van der Waals surface area contributed by atoms with Crippen molar-refractivity contribution in [3.8, 4) is 0 Å². The minimum atomic E-state index is -1.16. The van der Waals surface area contributed by atoms with Crippen molar-refractivity contribution in [1.29, 1.82) is 0 Å². The molecule has 0 aliphatic rings. The number of rotatable bonds is 5. The van der Waals surface area contributed by atoms with Gasteiger partial charge < -0.3 is 9.84 Å². The molecule has 0 saturated carbocycles. The van der Waals surface area contributed by atoms with Crippen LogP contribution in [0.4, 0.5) is 0 Å². The SMILES string of the molecule is CCOC(=O)[C@@H](C)[C@](O)(CC)c1ccccc1. The van der Waals surface area contributed by atoms with Crippen molar-refractivity contribution in [1.82, 2.24) is 0 Å². The number of ether oxygens (including phenoxy) is 1. The predicted molar refractivity (Wildman–Crippen MR) is 66.4 cm³/mol. The van der Waals surface area contributed by atoms with Crippen LogP contribution in [0.3, 0.4) is 0 Å². The molecule has 0 aromatic heterocycles. The minimum absolute atomic E-state index is 0.331. The van der Waals surface area contributed by atoms with Crippen molar-refractivity contribution >= 4 is 5.97 Å². The lowest BCUT2D eigenvalue weighted by Gasteiger charge is -2.32. The fourth-order valence-corrected chi connectivity index (χ4v) is 1.95. The maximum absolute atomic E-state index is 11.7. The second kappa shape index (κ2) is 5.82. The van der Waals surface area contributed by atoms with Crippen LogP contribution in [0.5, 0.6) is 0 Å². The summed E-state index contributed by atoms with van der Waals surface area (Å²) in [5, 5.41) is 10.7. The maximum atomic E-state index is 11.7. The molecule has 1 rings (SSSR count). The summed E-state index contributed by atoms with van der Waals surface area (Å²) in [5.74, 6) is -0.935. The van der Waals surface area contributed by atoms with Crippen LogP contribution in [-0.2, 0) is 15.1 Å². The van der Waals surface area contributed by atoms with Gasteiger partial charge in [-0.1, -0.05) is 37.3 Å². The highest BCUT2D eigenvalue weighted by Crippen LogP contribution is 2.33. The minimum Gasteiger partial charge on any atom is -0.466 e. The van der Waals surface area contributed by atoms with Crippen LogP contribution in [0.1, 0.15) is 32.8 Å². The number of esters is 1. The third kappa shape index (κ3) is 2.86. The molecule has 0 heterocycles. The first-order valence-electron chi connectivity index (χ1n) is 6.00. The number of hydrogen-bond acceptors (Lipinski definition) is 3. The molecule has 1 aromatic rings. The van der Waals surface area contributed by atoms with E-state index in [1.807, 2.05) is 37.3 Å². The van der Waals surface area contributed by atoms with Crippen LogP contribution >= 0.6 is 0 Å². The second-order valence-corrected chi connectivity index (χ2v) is 4.12. The van der Waals surface area contributed by atoms with Gasteiger partial charge in [-0.3, -0.25) is 4.79 Å². The lowest BCUT2D eigenvalue weighted by molar-refractivity contribution is -0.158. The molecule has 0 unspecified atom stereocenters. The van der Waals surface area contributed by atoms with E-state index in [0.717, 1.165) is 5.56 Å². The zero-order chi connectivity index (χ0) is 12.9. The summed E-state index contributed by atoms with van der Waals surface area (Å²) >= 11 is 0. The Morgan fingerprint density at radius 3 is 2.41 bits per heavy atom. The molecule has 0 radical (unpaired) electrons. The highest BCUT2D eigenvalue weighted by molar-refractivity contribution is 5.73. The van der Waals surface area contributed by atoms with Crippen molar-refractivity contribution in [2.75, 3.05) is 6.61 Å². The predicted octanol–water partition coefficient (Wildman–Crippen LogP) is 2.48. The topological polar surface area (TPSA) is 46.5 Å². The molecule has 3 heteroatoms. The molecule has 0 spiro atoms. The first-order chi connectivity index (χ1) is 8.06. The normalized spacial score (nSPS) is 16.0. The highest BCUT2D eigenvalue weighted by Gasteiger charge is 2.39. The molecule has 2 atom stereocenters. The summed E-state index contributed by atoms with van der Waals surface area (Å²) in [7, 11) is 0. The van der Waals surface area contributed by atoms with Gasteiger partial charge in [-0.15, -0.1) is 0 Å². The largest absolute Gasteiger partial charge is 0.466 e. The van der Waals surface area contributed by atoms with E-state index in [1.165, 1.54) is 0 Å². The zero-order valence-electron chi connectivity index (χ0n) is 10.6. The van der Waals surface area contributed by atoms with Gasteiger partial charge >= 0.3 is 5.97 Å². The van der Waals surface area contributed by atoms with Crippen LogP contribution in [0.15, 0.2) is 30.3 Å². The standard InChI is InChI=1S/C14H20O3/c1-4-14(16,11(3)13(15)17-5-2)12-9-7-6-8-10-12/h6-11,16H,4-5H2,1-3H3/t11-,14-/m1/s1. The molecule has 17 heavy (non-hydrogen) atoms. The fraction of sp³-hybridized carbons (Fsp3) is 0.500. The monoisotopic (exact) mass is 236 g/mol. The second-order valence-electron chi connectivity index (χ2n) is 4.12. The number of hydrogen-bond donors (Lipinski definition) is 1. The molecule has 1 aromatic carbocycles. The highest BCUT2D eigenvalue weighted by atomic mass is 16.5. The average Bonchev–Trinajstić information content (AvgIpc) is 2.38. The van der Waals surface area contributed by atoms with Crippen LogP contribution in [0, 0.1) is 5.92 Å². The zero-order valence-corrected chi connectivity index (χ0v) is 10.6. The smallest absolute Gasteiger partial charge is 0.311 e. The van der Waals surface area contributed by atoms with Crippen molar-refractivity contribution in [2.45, 2.75) is 32.8 Å². The Hall–Kier alpha value is -1.35. The quantitative estimate of drug-likeness (QED) is 0.799. The van der Waals surface area contributed by atoms with Crippen molar-refractivity contribution in [3.63, 3.8) is 0 Å². The van der Waals surface area contributed by atoms with E-state index in [1.54, 1.807) is 13.8 Å². The summed E-state index contributed by atoms with van der Waals surface area (Å²) in [6, 6.07) is 9.26. The van der Waals surface area contributed by atoms with E-state index in [0.29, 0.717) is 13.0 Å². The maximum Gasteiger partial charge on any atom is 0.311 e. The van der Waals surface area contributed by atoms with E-state index in [-0.39, 0.29) is 5.97 Å². The van der Waals surface area contributed by atoms with E-state index < -0.39 is 11.5 Å². The van der Waals surface area contributed by atoms with E-state index in [4.69, 9.17) is 4.74 Å². The average molecular weight is 236 g/mol. The third-order valence-electron chi connectivity index (χ3n) is 3.17. The Morgan fingerprint density at radius 2 is 1.94 bits per heavy atom. The Balaban J connectivity index is 3.00. The number of carbonyl (C=O) groups is 1. The number of carbonyl (C=O) groups excluding carboxylic acids is 1. The van der Waals surface area contributed by atoms with Crippen molar-refractivity contribution in [3.05, 3.63) is 35.9 Å². The van der Waals surface area contributed by atoms with Crippen molar-refractivity contribution in [2.24, 2.45) is 5.92 Å². The summed E-state index contributed by atoms with van der Waals surface area (Å²) < 4.78 is 4.97. The molecule has 0 bridgehead atoms. The van der Waals surface area contributed by atoms with Crippen LogP contribution < -0.4 is 0 Å². The summed E-state index contributed by atoms with van der Waals surface area (Å²) in [4.78, 5) is 11.7. The molecular formula is C14H20O3. The van der Waals surface area contributed by atoms with Crippen LogP contribution in [-0.4, -0.2) is 17.7 Å². The lowest BCUT2D eigenvalue weighted by atomic mass is 9.80. The van der Waals surface area contributed by atoms with Crippen molar-refractivity contribution < 1.29 is 14.6 Å². The van der Waals surface area contributed by atoms with Gasteiger partial charge in [0.2, 0.25) is 0 Å². The molecule has 0 amide bonds. The molecule has 1 N–H and O–H groups in total.